The van der Waals surface area contributed by atoms with E-state index in [-0.39, 0.29) is 11.3 Å². The Morgan fingerprint density at radius 2 is 2.24 bits per heavy atom. The molecule has 0 aliphatic heterocycles. The first kappa shape index (κ1) is 17.1. The van der Waals surface area contributed by atoms with Gasteiger partial charge in [-0.05, 0) is 43.7 Å². The highest BCUT2D eigenvalue weighted by Gasteiger charge is 2.25. The molecule has 25 heavy (non-hydrogen) atoms. The molecule has 1 heterocycles. The highest BCUT2D eigenvalue weighted by atomic mass is 32.1. The van der Waals surface area contributed by atoms with Crippen molar-refractivity contribution in [3.05, 3.63) is 55.4 Å². The SMILES string of the molecule is Cc1ccc(C(=O)Nc2sc3c(c2C#N)CC[C@H](C)C3)cc1[N+](=O)[O-]. The van der Waals surface area contributed by atoms with Gasteiger partial charge in [0.2, 0.25) is 0 Å². The molecule has 1 aromatic heterocycles. The zero-order valence-corrected chi connectivity index (χ0v) is 14.8. The second-order valence-corrected chi connectivity index (χ2v) is 7.49. The molecule has 0 unspecified atom stereocenters. The fourth-order valence-electron chi connectivity index (χ4n) is 3.08. The van der Waals surface area contributed by atoms with Crippen molar-refractivity contribution in [3.63, 3.8) is 0 Å². The summed E-state index contributed by atoms with van der Waals surface area (Å²) in [6.07, 6.45) is 2.80. The number of nitrogens with zero attached hydrogens (tertiary/aromatic N) is 2. The number of benzene rings is 1. The van der Waals surface area contributed by atoms with Crippen molar-refractivity contribution in [2.75, 3.05) is 5.32 Å². The van der Waals surface area contributed by atoms with E-state index in [1.807, 2.05) is 0 Å². The molecule has 1 atom stereocenters. The average molecular weight is 355 g/mol. The number of amides is 1. The lowest BCUT2D eigenvalue weighted by atomic mass is 9.88. The van der Waals surface area contributed by atoms with Gasteiger partial charge in [-0.1, -0.05) is 13.0 Å². The molecule has 1 aliphatic rings. The summed E-state index contributed by atoms with van der Waals surface area (Å²) in [5, 5.41) is 23.8. The number of nitro groups is 1. The van der Waals surface area contributed by atoms with Gasteiger partial charge in [-0.3, -0.25) is 14.9 Å². The van der Waals surface area contributed by atoms with Crippen LogP contribution in [-0.4, -0.2) is 10.8 Å². The molecule has 0 bridgehead atoms. The number of anilines is 1. The number of nitriles is 1. The Labute approximate surface area is 149 Å². The van der Waals surface area contributed by atoms with E-state index in [1.165, 1.54) is 17.4 Å². The van der Waals surface area contributed by atoms with E-state index < -0.39 is 10.8 Å². The van der Waals surface area contributed by atoms with Gasteiger partial charge in [0.25, 0.3) is 11.6 Å². The van der Waals surface area contributed by atoms with E-state index in [1.54, 1.807) is 19.1 Å². The molecule has 6 nitrogen and oxygen atoms in total. The summed E-state index contributed by atoms with van der Waals surface area (Å²) < 4.78 is 0. The molecular weight excluding hydrogens is 338 g/mol. The minimum Gasteiger partial charge on any atom is -0.312 e. The first-order valence-electron chi connectivity index (χ1n) is 8.01. The van der Waals surface area contributed by atoms with Crippen LogP contribution in [0.5, 0.6) is 0 Å². The summed E-state index contributed by atoms with van der Waals surface area (Å²) in [6, 6.07) is 6.58. The molecule has 2 aromatic rings. The Balaban J connectivity index is 1.91. The van der Waals surface area contributed by atoms with Gasteiger partial charge in [0.15, 0.2) is 0 Å². The maximum absolute atomic E-state index is 12.5. The smallest absolute Gasteiger partial charge is 0.273 e. The number of nitro benzene ring substituents is 1. The highest BCUT2D eigenvalue weighted by Crippen LogP contribution is 2.39. The van der Waals surface area contributed by atoms with Gasteiger partial charge in [0, 0.05) is 22.1 Å². The van der Waals surface area contributed by atoms with Crippen LogP contribution in [0.4, 0.5) is 10.7 Å². The van der Waals surface area contributed by atoms with E-state index in [9.17, 15) is 20.2 Å². The van der Waals surface area contributed by atoms with Crippen molar-refractivity contribution >= 4 is 27.9 Å². The second-order valence-electron chi connectivity index (χ2n) is 6.38. The summed E-state index contributed by atoms with van der Waals surface area (Å²) >= 11 is 1.44. The van der Waals surface area contributed by atoms with Crippen LogP contribution in [0.15, 0.2) is 18.2 Å². The van der Waals surface area contributed by atoms with Crippen molar-refractivity contribution in [3.8, 4) is 6.07 Å². The predicted octanol–water partition coefficient (Wildman–Crippen LogP) is 4.21. The van der Waals surface area contributed by atoms with E-state index in [2.05, 4.69) is 18.3 Å². The summed E-state index contributed by atoms with van der Waals surface area (Å²) in [5.41, 5.74) is 2.19. The van der Waals surface area contributed by atoms with Gasteiger partial charge in [-0.15, -0.1) is 11.3 Å². The number of carbonyl (C=O) groups excluding carboxylic acids is 1. The zero-order chi connectivity index (χ0) is 18.1. The molecule has 1 aromatic carbocycles. The lowest BCUT2D eigenvalue weighted by Crippen LogP contribution is -2.12. The highest BCUT2D eigenvalue weighted by molar-refractivity contribution is 7.16. The molecule has 0 radical (unpaired) electrons. The molecule has 128 valence electrons. The van der Waals surface area contributed by atoms with Crippen molar-refractivity contribution in [1.29, 1.82) is 5.26 Å². The largest absolute Gasteiger partial charge is 0.312 e. The van der Waals surface area contributed by atoms with Crippen molar-refractivity contribution < 1.29 is 9.72 Å². The molecule has 0 spiro atoms. The number of rotatable bonds is 3. The van der Waals surface area contributed by atoms with Gasteiger partial charge in [0.1, 0.15) is 11.1 Å². The maximum atomic E-state index is 12.5. The quantitative estimate of drug-likeness (QED) is 0.659. The topological polar surface area (TPSA) is 96.0 Å². The van der Waals surface area contributed by atoms with E-state index in [4.69, 9.17) is 0 Å². The number of hydrogen-bond acceptors (Lipinski definition) is 5. The lowest BCUT2D eigenvalue weighted by Gasteiger charge is -2.17. The first-order valence-corrected chi connectivity index (χ1v) is 8.83. The van der Waals surface area contributed by atoms with Crippen molar-refractivity contribution in [2.45, 2.75) is 33.1 Å². The number of carbonyl (C=O) groups is 1. The number of thiophene rings is 1. The predicted molar refractivity (Wildman–Crippen MR) is 96.0 cm³/mol. The Morgan fingerprint density at radius 1 is 1.48 bits per heavy atom. The third-order valence-corrected chi connectivity index (χ3v) is 5.69. The van der Waals surface area contributed by atoms with Gasteiger partial charge in [0.05, 0.1) is 10.5 Å². The summed E-state index contributed by atoms with van der Waals surface area (Å²) in [5.74, 6) is 0.132. The van der Waals surface area contributed by atoms with Crippen LogP contribution in [0.2, 0.25) is 0 Å². The van der Waals surface area contributed by atoms with Crippen LogP contribution in [0.3, 0.4) is 0 Å². The van der Waals surface area contributed by atoms with Crippen LogP contribution in [0, 0.1) is 34.3 Å². The van der Waals surface area contributed by atoms with Gasteiger partial charge in [-0.2, -0.15) is 5.26 Å². The van der Waals surface area contributed by atoms with Crippen LogP contribution in [0.1, 0.15) is 45.3 Å². The molecular formula is C18H17N3O3S. The fourth-order valence-corrected chi connectivity index (χ4v) is 4.44. The summed E-state index contributed by atoms with van der Waals surface area (Å²) in [6.45, 7) is 3.81. The Kier molecular flexibility index (Phi) is 4.55. The van der Waals surface area contributed by atoms with Crippen LogP contribution in [0.25, 0.3) is 0 Å². The van der Waals surface area contributed by atoms with E-state index in [0.717, 1.165) is 29.7 Å². The minimum atomic E-state index is -0.502. The van der Waals surface area contributed by atoms with Crippen molar-refractivity contribution in [1.82, 2.24) is 0 Å². The first-order chi connectivity index (χ1) is 11.9. The van der Waals surface area contributed by atoms with Crippen LogP contribution in [-0.2, 0) is 12.8 Å². The van der Waals surface area contributed by atoms with Crippen LogP contribution >= 0.6 is 11.3 Å². The zero-order valence-electron chi connectivity index (χ0n) is 14.0. The Hall–Kier alpha value is -2.72. The molecule has 7 heteroatoms. The monoisotopic (exact) mass is 355 g/mol. The lowest BCUT2D eigenvalue weighted by molar-refractivity contribution is -0.385. The summed E-state index contributed by atoms with van der Waals surface area (Å²) in [4.78, 5) is 24.2. The van der Waals surface area contributed by atoms with E-state index in [0.29, 0.717) is 22.0 Å². The molecule has 3 rings (SSSR count). The average Bonchev–Trinajstić information content (AvgIpc) is 2.90. The second kappa shape index (κ2) is 6.65. The third-order valence-electron chi connectivity index (χ3n) is 4.52. The Bertz CT molecular complexity index is 911. The van der Waals surface area contributed by atoms with Gasteiger partial charge >= 0.3 is 0 Å². The number of fused-ring (bicyclic) bond motifs is 1. The standard InChI is InChI=1S/C18H17N3O3S/c1-10-3-6-13-14(9-19)18(25-16(13)7-10)20-17(22)12-5-4-11(2)15(8-12)21(23)24/h4-5,8,10H,3,6-7H2,1-2H3,(H,20,22)/t10-/m0/s1. The number of nitrogens with one attached hydrogen (secondary N) is 1. The molecule has 1 amide bonds. The number of aryl methyl sites for hydroxylation is 1. The van der Waals surface area contributed by atoms with Crippen molar-refractivity contribution in [2.24, 2.45) is 5.92 Å². The molecule has 0 saturated carbocycles. The van der Waals surface area contributed by atoms with Gasteiger partial charge < -0.3 is 5.32 Å². The third kappa shape index (κ3) is 3.26. The van der Waals surface area contributed by atoms with Crippen LogP contribution < -0.4 is 5.32 Å². The van der Waals surface area contributed by atoms with E-state index >= 15 is 0 Å². The normalized spacial score (nSPS) is 16.0. The maximum Gasteiger partial charge on any atom is 0.273 e. The molecule has 0 saturated heterocycles. The molecule has 1 aliphatic carbocycles. The van der Waals surface area contributed by atoms with Gasteiger partial charge in [-0.25, -0.2) is 0 Å². The summed E-state index contributed by atoms with van der Waals surface area (Å²) in [7, 11) is 0. The molecule has 1 N–H and O–H groups in total. The Morgan fingerprint density at radius 3 is 2.92 bits per heavy atom. The fraction of sp³-hybridized carbons (Fsp3) is 0.333. The molecule has 0 fully saturated rings. The number of hydrogen-bond donors (Lipinski definition) is 1. The minimum absolute atomic E-state index is 0.0903.